The lowest BCUT2D eigenvalue weighted by Gasteiger charge is -2.13. The molecule has 9 heteroatoms. The van der Waals surface area contributed by atoms with Crippen LogP contribution < -0.4 is 5.32 Å². The average Bonchev–Trinajstić information content (AvgIpc) is 3.01. The molecule has 0 saturated carbocycles. The lowest BCUT2D eigenvalue weighted by molar-refractivity contribution is 0.481. The Balaban J connectivity index is 2.01. The Labute approximate surface area is 111 Å². The van der Waals surface area contributed by atoms with E-state index in [4.69, 9.17) is 11.6 Å². The highest BCUT2D eigenvalue weighted by molar-refractivity contribution is 7.00. The lowest BCUT2D eigenvalue weighted by Crippen LogP contribution is -2.28. The van der Waals surface area contributed by atoms with Crippen molar-refractivity contribution >= 4 is 46.0 Å². The van der Waals surface area contributed by atoms with Crippen LogP contribution in [0.4, 0.5) is 5.69 Å². The molecule has 0 aliphatic carbocycles. The Morgan fingerprint density at radius 1 is 1.44 bits per heavy atom. The molecule has 1 N–H and O–H groups in total. The van der Waals surface area contributed by atoms with Gasteiger partial charge in [-0.1, -0.05) is 11.6 Å². The summed E-state index contributed by atoms with van der Waals surface area (Å²) in [6.45, 7) is 0.992. The van der Waals surface area contributed by atoms with Gasteiger partial charge in [-0.05, 0) is 12.1 Å². The first-order chi connectivity index (χ1) is 8.79. The lowest BCUT2D eigenvalue weighted by atomic mass is 10.2. The molecule has 7 nitrogen and oxygen atoms in total. The molecule has 0 amide bonds. The third-order valence-electron chi connectivity index (χ3n) is 2.53. The third-order valence-corrected chi connectivity index (χ3v) is 3.39. The van der Waals surface area contributed by atoms with Gasteiger partial charge in [0, 0.05) is 0 Å². The second-order valence-corrected chi connectivity index (χ2v) is 4.53. The monoisotopic (exact) mass is 282 g/mol. The number of rotatable bonds is 2. The van der Waals surface area contributed by atoms with Crippen molar-refractivity contribution < 1.29 is 0 Å². The summed E-state index contributed by atoms with van der Waals surface area (Å²) >= 11 is 7.22. The Morgan fingerprint density at radius 3 is 3.17 bits per heavy atom. The maximum atomic E-state index is 10.6. The molecule has 0 atom stereocenters. The highest BCUT2D eigenvalue weighted by Gasteiger charge is 2.20. The molecule has 1 aliphatic heterocycles. The van der Waals surface area contributed by atoms with Gasteiger partial charge in [-0.2, -0.15) is 13.8 Å². The van der Waals surface area contributed by atoms with Crippen LogP contribution in [0.1, 0.15) is 0 Å². The molecule has 1 aromatic heterocycles. The van der Waals surface area contributed by atoms with Crippen molar-refractivity contribution in [1.29, 1.82) is 0 Å². The summed E-state index contributed by atoms with van der Waals surface area (Å²) in [5.41, 5.74) is 2.00. The van der Waals surface area contributed by atoms with Crippen LogP contribution in [0.3, 0.4) is 0 Å². The fraction of sp³-hybridized carbons (Fsp3) is 0.222. The Kier molecular flexibility index (Phi) is 2.80. The van der Waals surface area contributed by atoms with Crippen LogP contribution >= 0.6 is 23.3 Å². The van der Waals surface area contributed by atoms with Crippen molar-refractivity contribution in [1.82, 2.24) is 13.8 Å². The van der Waals surface area contributed by atoms with Crippen molar-refractivity contribution in [2.24, 2.45) is 10.3 Å². The topological polar surface area (TPSA) is 82.8 Å². The molecule has 0 bridgehead atoms. The predicted molar refractivity (Wildman–Crippen MR) is 70.9 cm³/mol. The first kappa shape index (κ1) is 11.3. The molecule has 2 aromatic rings. The predicted octanol–water partition coefficient (Wildman–Crippen LogP) is 2.11. The van der Waals surface area contributed by atoms with Gasteiger partial charge in [0.1, 0.15) is 11.0 Å². The number of aromatic nitrogens is 2. The van der Waals surface area contributed by atoms with Crippen molar-refractivity contribution in [3.05, 3.63) is 22.1 Å². The van der Waals surface area contributed by atoms with Gasteiger partial charge in [-0.15, -0.1) is 4.91 Å². The van der Waals surface area contributed by atoms with E-state index in [1.807, 2.05) is 0 Å². The van der Waals surface area contributed by atoms with Gasteiger partial charge in [-0.25, -0.2) is 4.99 Å². The number of fused-ring (bicyclic) bond motifs is 1. The largest absolute Gasteiger partial charge is 0.321 e. The van der Waals surface area contributed by atoms with Crippen LogP contribution in [-0.4, -0.2) is 32.8 Å². The van der Waals surface area contributed by atoms with Crippen LogP contribution in [0, 0.1) is 4.91 Å². The van der Waals surface area contributed by atoms with Gasteiger partial charge < -0.3 is 5.32 Å². The smallest absolute Gasteiger partial charge is 0.222 e. The van der Waals surface area contributed by atoms with Crippen LogP contribution in [0.15, 0.2) is 22.4 Å². The third kappa shape index (κ3) is 1.79. The van der Waals surface area contributed by atoms with E-state index in [0.29, 0.717) is 35.3 Å². The number of benzene rings is 1. The van der Waals surface area contributed by atoms with E-state index in [2.05, 4.69) is 24.3 Å². The number of nitrogens with one attached hydrogen (secondary N) is 1. The zero-order chi connectivity index (χ0) is 12.5. The molecule has 92 valence electrons. The van der Waals surface area contributed by atoms with Gasteiger partial charge in [0.2, 0.25) is 5.96 Å². The highest BCUT2D eigenvalue weighted by atomic mass is 35.5. The summed E-state index contributed by atoms with van der Waals surface area (Å²) in [6, 6.07) is 3.51. The summed E-state index contributed by atoms with van der Waals surface area (Å²) in [7, 11) is 0. The summed E-state index contributed by atoms with van der Waals surface area (Å²) in [4.78, 5) is 14.8. The van der Waals surface area contributed by atoms with E-state index in [0.717, 1.165) is 17.2 Å². The van der Waals surface area contributed by atoms with Gasteiger partial charge in [0.15, 0.2) is 0 Å². The van der Waals surface area contributed by atoms with Crippen molar-refractivity contribution in [3.63, 3.8) is 0 Å². The zero-order valence-electron chi connectivity index (χ0n) is 9.00. The number of hydrogen-bond donors (Lipinski definition) is 1. The summed E-state index contributed by atoms with van der Waals surface area (Å²) in [6.07, 6.45) is 0. The summed E-state index contributed by atoms with van der Waals surface area (Å²) in [5, 5.41) is 7.61. The molecule has 0 radical (unpaired) electrons. The molecular formula is C9H7ClN6OS. The minimum absolute atomic E-state index is 0.382. The first-order valence-electron chi connectivity index (χ1n) is 5.12. The Bertz CT molecular complexity index is 641. The van der Waals surface area contributed by atoms with Crippen LogP contribution in [0.25, 0.3) is 11.0 Å². The van der Waals surface area contributed by atoms with E-state index >= 15 is 0 Å². The number of anilines is 1. The van der Waals surface area contributed by atoms with E-state index in [9.17, 15) is 4.91 Å². The van der Waals surface area contributed by atoms with Gasteiger partial charge in [-0.3, -0.25) is 0 Å². The second kappa shape index (κ2) is 4.46. The Hall–Kier alpha value is -1.80. The minimum atomic E-state index is 0.382. The minimum Gasteiger partial charge on any atom is -0.321 e. The maximum absolute atomic E-state index is 10.6. The van der Waals surface area contributed by atoms with Gasteiger partial charge >= 0.3 is 0 Å². The molecule has 0 fully saturated rings. The first-order valence-corrected chi connectivity index (χ1v) is 6.23. The number of guanidine groups is 1. The summed E-state index contributed by atoms with van der Waals surface area (Å²) < 4.78 is 8.30. The standard InChI is InChI=1S/C9H7ClN6OS/c10-5-1-2-6-8(14-18-13-6)7(5)12-9-11-3-4-16(9)15-17/h1-2H,3-4H2,(H,11,12). The highest BCUT2D eigenvalue weighted by Crippen LogP contribution is 2.30. The molecule has 1 aromatic carbocycles. The van der Waals surface area contributed by atoms with Gasteiger partial charge in [0.25, 0.3) is 0 Å². The number of hydrogen-bond acceptors (Lipinski definition) is 7. The number of halogens is 1. The van der Waals surface area contributed by atoms with Crippen LogP contribution in [0.5, 0.6) is 0 Å². The van der Waals surface area contributed by atoms with Crippen LogP contribution in [0.2, 0.25) is 5.02 Å². The molecule has 0 spiro atoms. The molecule has 18 heavy (non-hydrogen) atoms. The molecule has 0 unspecified atom stereocenters. The van der Waals surface area contributed by atoms with Gasteiger partial charge in [0.05, 0.1) is 40.8 Å². The molecule has 3 rings (SSSR count). The molecular weight excluding hydrogens is 276 g/mol. The zero-order valence-corrected chi connectivity index (χ0v) is 10.6. The Morgan fingerprint density at radius 2 is 2.33 bits per heavy atom. The average molecular weight is 283 g/mol. The quantitative estimate of drug-likeness (QED) is 0.853. The van der Waals surface area contributed by atoms with Crippen LogP contribution in [-0.2, 0) is 0 Å². The number of aliphatic imine (C=N–C) groups is 1. The normalized spacial score (nSPS) is 14.9. The SMILES string of the molecule is O=NN1CCN=C1Nc1c(Cl)ccc2nsnc12. The van der Waals surface area contributed by atoms with Crippen molar-refractivity contribution in [2.45, 2.75) is 0 Å². The van der Waals surface area contributed by atoms with E-state index in [-0.39, 0.29) is 0 Å². The van der Waals surface area contributed by atoms with E-state index in [1.165, 1.54) is 5.01 Å². The fourth-order valence-corrected chi connectivity index (χ4v) is 2.42. The summed E-state index contributed by atoms with van der Waals surface area (Å²) in [5.74, 6) is 0.382. The molecule has 2 heterocycles. The van der Waals surface area contributed by atoms with E-state index in [1.54, 1.807) is 12.1 Å². The second-order valence-electron chi connectivity index (χ2n) is 3.59. The molecule has 1 aliphatic rings. The van der Waals surface area contributed by atoms with E-state index < -0.39 is 0 Å². The number of nitrogens with zero attached hydrogens (tertiary/aromatic N) is 5. The maximum Gasteiger partial charge on any atom is 0.222 e. The fourth-order valence-electron chi connectivity index (χ4n) is 1.68. The molecule has 0 saturated heterocycles. The van der Waals surface area contributed by atoms with Crippen molar-refractivity contribution in [3.8, 4) is 0 Å². The number of nitroso groups, excluding NO2 is 1. The van der Waals surface area contributed by atoms with Crippen molar-refractivity contribution in [2.75, 3.05) is 18.4 Å².